The Hall–Kier alpha value is -2.08. The van der Waals surface area contributed by atoms with E-state index >= 15 is 0 Å². The molecule has 2 N–H and O–H groups in total. The second-order valence-electron chi connectivity index (χ2n) is 6.08. The van der Waals surface area contributed by atoms with E-state index in [0.717, 1.165) is 41.2 Å². The average molecular weight is 326 g/mol. The van der Waals surface area contributed by atoms with Gasteiger partial charge < -0.3 is 10.5 Å². The third-order valence-corrected chi connectivity index (χ3v) is 5.67. The Balaban J connectivity index is 1.88. The fourth-order valence-electron chi connectivity index (χ4n) is 3.34. The van der Waals surface area contributed by atoms with Gasteiger partial charge in [0.15, 0.2) is 5.17 Å². The Bertz CT molecular complexity index is 764. The molecule has 6 heteroatoms. The van der Waals surface area contributed by atoms with Crippen LogP contribution in [0.15, 0.2) is 41.9 Å². The molecule has 118 valence electrons. The van der Waals surface area contributed by atoms with Gasteiger partial charge in [0.1, 0.15) is 12.1 Å². The van der Waals surface area contributed by atoms with E-state index in [1.165, 1.54) is 6.33 Å². The highest BCUT2D eigenvalue weighted by Crippen LogP contribution is 2.47. The highest BCUT2D eigenvalue weighted by atomic mass is 32.2. The number of fused-ring (bicyclic) bond motifs is 3. The molecule has 2 aliphatic heterocycles. The molecule has 0 aliphatic carbocycles. The number of rotatable bonds is 1. The van der Waals surface area contributed by atoms with Crippen LogP contribution < -0.4 is 10.5 Å². The van der Waals surface area contributed by atoms with E-state index in [9.17, 15) is 0 Å². The van der Waals surface area contributed by atoms with Crippen molar-refractivity contribution in [2.75, 3.05) is 12.4 Å². The van der Waals surface area contributed by atoms with E-state index in [1.54, 1.807) is 11.8 Å². The van der Waals surface area contributed by atoms with Crippen LogP contribution in [0.3, 0.4) is 0 Å². The zero-order valence-corrected chi connectivity index (χ0v) is 13.7. The van der Waals surface area contributed by atoms with E-state index < -0.39 is 0 Å². The minimum atomic E-state index is -0.340. The number of nitrogens with zero attached hydrogens (tertiary/aromatic N) is 3. The highest BCUT2D eigenvalue weighted by molar-refractivity contribution is 8.13. The Kier molecular flexibility index (Phi) is 3.49. The molecule has 2 aliphatic rings. The zero-order chi connectivity index (χ0) is 15.9. The molecule has 0 radical (unpaired) electrons. The lowest BCUT2D eigenvalue weighted by atomic mass is 9.78. The molecule has 0 saturated heterocycles. The van der Waals surface area contributed by atoms with Gasteiger partial charge in [-0.25, -0.2) is 9.97 Å². The molecule has 0 saturated carbocycles. The summed E-state index contributed by atoms with van der Waals surface area (Å²) in [6.07, 6.45) is 6.16. The third kappa shape index (κ3) is 2.47. The Morgan fingerprint density at radius 1 is 1.26 bits per heavy atom. The molecule has 0 amide bonds. The Labute approximate surface area is 139 Å². The molecule has 0 bridgehead atoms. The van der Waals surface area contributed by atoms with E-state index in [-0.39, 0.29) is 5.54 Å². The van der Waals surface area contributed by atoms with Gasteiger partial charge in [-0.3, -0.25) is 4.99 Å². The number of benzene rings is 1. The van der Waals surface area contributed by atoms with Gasteiger partial charge in [-0.05, 0) is 31.0 Å². The molecule has 2 unspecified atom stereocenters. The number of amidine groups is 1. The first-order valence-corrected chi connectivity index (χ1v) is 8.66. The van der Waals surface area contributed by atoms with Gasteiger partial charge in [0, 0.05) is 35.2 Å². The van der Waals surface area contributed by atoms with Crippen LogP contribution in [-0.4, -0.2) is 27.5 Å². The summed E-state index contributed by atoms with van der Waals surface area (Å²) < 4.78 is 5.98. The molecule has 4 rings (SSSR count). The number of hydrogen-bond donors (Lipinski definition) is 1. The minimum absolute atomic E-state index is 0.340. The second-order valence-corrected chi connectivity index (χ2v) is 7.12. The summed E-state index contributed by atoms with van der Waals surface area (Å²) in [6, 6.07) is 6.23. The molecule has 2 atom stereocenters. The van der Waals surface area contributed by atoms with Crippen molar-refractivity contribution in [1.82, 2.24) is 9.97 Å². The van der Waals surface area contributed by atoms with Crippen LogP contribution in [0.2, 0.25) is 0 Å². The number of hydrogen-bond acceptors (Lipinski definition) is 6. The van der Waals surface area contributed by atoms with E-state index in [2.05, 4.69) is 23.0 Å². The van der Waals surface area contributed by atoms with E-state index in [0.29, 0.717) is 11.1 Å². The van der Waals surface area contributed by atoms with Crippen LogP contribution in [0.5, 0.6) is 5.75 Å². The lowest BCUT2D eigenvalue weighted by Crippen LogP contribution is -2.37. The fraction of sp³-hybridized carbons (Fsp3) is 0.353. The molecule has 1 aromatic carbocycles. The van der Waals surface area contributed by atoms with Gasteiger partial charge in [-0.1, -0.05) is 17.8 Å². The van der Waals surface area contributed by atoms with Crippen LogP contribution in [0.1, 0.15) is 18.9 Å². The monoisotopic (exact) mass is 326 g/mol. The predicted molar refractivity (Wildman–Crippen MR) is 92.5 cm³/mol. The van der Waals surface area contributed by atoms with E-state index in [4.69, 9.17) is 15.5 Å². The highest BCUT2D eigenvalue weighted by Gasteiger charge is 2.42. The van der Waals surface area contributed by atoms with Gasteiger partial charge in [0.25, 0.3) is 0 Å². The molecule has 2 aromatic rings. The first-order valence-electron chi connectivity index (χ1n) is 7.67. The molecule has 3 heterocycles. The van der Waals surface area contributed by atoms with Crippen LogP contribution >= 0.6 is 11.8 Å². The Morgan fingerprint density at radius 3 is 2.91 bits per heavy atom. The molecule has 5 nitrogen and oxygen atoms in total. The van der Waals surface area contributed by atoms with Gasteiger partial charge >= 0.3 is 0 Å². The Morgan fingerprint density at radius 2 is 2.09 bits per heavy atom. The maximum atomic E-state index is 6.04. The largest absolute Gasteiger partial charge is 0.493 e. The lowest BCUT2D eigenvalue weighted by Gasteiger charge is -2.36. The molecule has 0 spiro atoms. The topological polar surface area (TPSA) is 73.4 Å². The first kappa shape index (κ1) is 14.5. The quantitative estimate of drug-likeness (QED) is 0.872. The van der Waals surface area contributed by atoms with Crippen LogP contribution in [-0.2, 0) is 5.54 Å². The first-order chi connectivity index (χ1) is 11.2. The normalized spacial score (nSPS) is 26.3. The van der Waals surface area contributed by atoms with Crippen molar-refractivity contribution < 1.29 is 4.74 Å². The van der Waals surface area contributed by atoms with Gasteiger partial charge in [-0.2, -0.15) is 0 Å². The summed E-state index contributed by atoms with van der Waals surface area (Å²) in [6.45, 7) is 2.89. The molecule has 23 heavy (non-hydrogen) atoms. The number of aromatic nitrogens is 2. The summed E-state index contributed by atoms with van der Waals surface area (Å²) in [5.41, 5.74) is 8.86. The van der Waals surface area contributed by atoms with Crippen molar-refractivity contribution in [3.8, 4) is 16.9 Å². The smallest absolute Gasteiger partial charge is 0.154 e. The van der Waals surface area contributed by atoms with Crippen LogP contribution in [0, 0.1) is 5.92 Å². The van der Waals surface area contributed by atoms with Crippen molar-refractivity contribution in [3.05, 3.63) is 42.5 Å². The summed E-state index contributed by atoms with van der Waals surface area (Å²) in [5.74, 6) is 2.30. The average Bonchev–Trinajstić information content (AvgIpc) is 2.71. The van der Waals surface area contributed by atoms with Crippen molar-refractivity contribution in [1.29, 1.82) is 0 Å². The minimum Gasteiger partial charge on any atom is -0.493 e. The summed E-state index contributed by atoms with van der Waals surface area (Å²) in [5, 5.41) is 0.657. The second kappa shape index (κ2) is 5.53. The molecule has 1 aromatic heterocycles. The van der Waals surface area contributed by atoms with Crippen molar-refractivity contribution >= 4 is 16.9 Å². The maximum Gasteiger partial charge on any atom is 0.154 e. The summed E-state index contributed by atoms with van der Waals surface area (Å²) >= 11 is 1.64. The standard InChI is InChI=1S/C17H18N4OS/c1-17-13(9-23-16(18)21-17)4-5-22-15-3-2-11(6-14(15)17)12-7-19-10-20-8-12/h2-3,6-8,10,13H,4-5,9H2,1H3,(H2,18,21). The third-order valence-electron chi connectivity index (χ3n) is 4.71. The molecule has 0 fully saturated rings. The van der Waals surface area contributed by atoms with Gasteiger partial charge in [-0.15, -0.1) is 0 Å². The lowest BCUT2D eigenvalue weighted by molar-refractivity contribution is 0.271. The number of nitrogens with two attached hydrogens (primary N) is 1. The van der Waals surface area contributed by atoms with Crippen LogP contribution in [0.4, 0.5) is 0 Å². The SMILES string of the molecule is CC12N=C(N)SCC1CCOc1ccc(-c3cncnc3)cc12. The number of thioether (sulfide) groups is 1. The van der Waals surface area contributed by atoms with Crippen molar-refractivity contribution in [2.24, 2.45) is 16.6 Å². The van der Waals surface area contributed by atoms with E-state index in [1.807, 2.05) is 24.5 Å². The molecular formula is C17H18N4OS. The summed E-state index contributed by atoms with van der Waals surface area (Å²) in [7, 11) is 0. The molecular weight excluding hydrogens is 308 g/mol. The van der Waals surface area contributed by atoms with Gasteiger partial charge in [0.05, 0.1) is 12.1 Å². The number of aliphatic imine (C=N–C) groups is 1. The number of ether oxygens (including phenoxy) is 1. The van der Waals surface area contributed by atoms with Crippen molar-refractivity contribution in [3.63, 3.8) is 0 Å². The van der Waals surface area contributed by atoms with Crippen LogP contribution in [0.25, 0.3) is 11.1 Å². The predicted octanol–water partition coefficient (Wildman–Crippen LogP) is 2.82. The van der Waals surface area contributed by atoms with Crippen molar-refractivity contribution in [2.45, 2.75) is 18.9 Å². The summed E-state index contributed by atoms with van der Waals surface area (Å²) in [4.78, 5) is 13.0. The van der Waals surface area contributed by atoms with Gasteiger partial charge in [0.2, 0.25) is 0 Å². The fourth-order valence-corrected chi connectivity index (χ4v) is 4.45. The zero-order valence-electron chi connectivity index (χ0n) is 12.9. The maximum absolute atomic E-state index is 6.04.